The number of aromatic nitrogens is 3. The van der Waals surface area contributed by atoms with Crippen molar-refractivity contribution in [2.24, 2.45) is 0 Å². The maximum atomic E-state index is 5.31. The van der Waals surface area contributed by atoms with Crippen molar-refractivity contribution in [3.8, 4) is 12.8 Å². The van der Waals surface area contributed by atoms with Crippen LogP contribution >= 0.6 is 0 Å². The highest BCUT2D eigenvalue weighted by Gasteiger charge is 2.28. The van der Waals surface area contributed by atoms with Gasteiger partial charge in [-0.3, -0.25) is 19.7 Å². The van der Waals surface area contributed by atoms with E-state index in [4.69, 9.17) is 9.97 Å². The lowest BCUT2D eigenvalue weighted by Gasteiger charge is -2.34. The van der Waals surface area contributed by atoms with E-state index in [0.717, 1.165) is 84.2 Å². The molecule has 2 aliphatic heterocycles. The molecule has 3 aliphatic rings. The summed E-state index contributed by atoms with van der Waals surface area (Å²) in [7, 11) is 6.75. The van der Waals surface area contributed by atoms with Crippen molar-refractivity contribution in [3.05, 3.63) is 52.9 Å². The number of imidazole rings is 1. The highest BCUT2D eigenvalue weighted by Crippen LogP contribution is 2.33. The summed E-state index contributed by atoms with van der Waals surface area (Å²) in [5.41, 5.74) is 5.31. The fourth-order valence-electron chi connectivity index (χ4n) is 6.31. The fraction of sp³-hybridized carbons (Fsp3) is 0.625. The van der Waals surface area contributed by atoms with Crippen molar-refractivity contribution in [2.75, 3.05) is 73.5 Å². The van der Waals surface area contributed by atoms with Crippen LogP contribution in [-0.2, 0) is 26.2 Å². The highest BCUT2D eigenvalue weighted by molar-refractivity contribution is 5.43. The third kappa shape index (κ3) is 7.59. The first-order valence-electron chi connectivity index (χ1n) is 15.0. The molecule has 0 aromatic carbocycles. The van der Waals surface area contributed by atoms with E-state index in [-0.39, 0.29) is 0 Å². The lowest BCUT2D eigenvalue weighted by molar-refractivity contribution is 0.141. The molecule has 2 aromatic heterocycles. The Morgan fingerprint density at radius 1 is 0.975 bits per heavy atom. The number of hydrogen-bond acceptors (Lipinski definition) is 7. The van der Waals surface area contributed by atoms with Crippen LogP contribution in [0.5, 0.6) is 0 Å². The Balaban J connectivity index is 0.00000181. The van der Waals surface area contributed by atoms with Crippen LogP contribution in [0.4, 0.5) is 0 Å². The zero-order chi connectivity index (χ0) is 28.5. The number of aryl methyl sites for hydroxylation is 1. The SMILES string of the molecule is C#C.C/C=C\c1nc(CN(C)[C@H]2CCCc3cccnc32)c(CN2CCN(C)CC2)n1CN1CCCN(C)CC1. The molecular weight excluding hydrogens is 496 g/mol. The third-order valence-corrected chi connectivity index (χ3v) is 8.72. The number of piperazine rings is 1. The van der Waals surface area contributed by atoms with Gasteiger partial charge in [-0.1, -0.05) is 12.1 Å². The molecule has 2 aromatic rings. The summed E-state index contributed by atoms with van der Waals surface area (Å²) in [6.45, 7) is 13.9. The zero-order valence-corrected chi connectivity index (χ0v) is 25.3. The molecule has 40 heavy (non-hydrogen) atoms. The Hall–Kier alpha value is -2.54. The van der Waals surface area contributed by atoms with Gasteiger partial charge in [0.1, 0.15) is 5.82 Å². The summed E-state index contributed by atoms with van der Waals surface area (Å²) >= 11 is 0. The summed E-state index contributed by atoms with van der Waals surface area (Å²) in [6.07, 6.45) is 19.1. The normalized spacial score (nSPS) is 21.7. The minimum atomic E-state index is 0.355. The van der Waals surface area contributed by atoms with Gasteiger partial charge in [-0.15, -0.1) is 12.8 Å². The van der Waals surface area contributed by atoms with E-state index < -0.39 is 0 Å². The molecule has 2 fully saturated rings. The van der Waals surface area contributed by atoms with E-state index in [1.807, 2.05) is 6.20 Å². The molecule has 4 heterocycles. The van der Waals surface area contributed by atoms with Crippen LogP contribution in [0.25, 0.3) is 6.08 Å². The number of terminal acetylenes is 1. The molecule has 0 saturated carbocycles. The number of rotatable bonds is 8. The molecule has 5 rings (SSSR count). The summed E-state index contributed by atoms with van der Waals surface area (Å²) in [5.74, 6) is 1.10. The number of likely N-dealkylation sites (N-methyl/N-ethyl adjacent to an activating group) is 2. The molecule has 1 aliphatic carbocycles. The standard InChI is InChI=1S/C30H48N8.C2H2/c1-5-9-29-32-26(22-35(4)27-12-6-10-25-11-7-13-31-30(25)27)28(23-36-19-16-34(3)17-20-36)38(29)24-37-15-8-14-33(2)18-21-37;1-2/h5,7,9,11,13,27H,6,8,10,12,14-24H2,1-4H3;1-2H/b9-5-;/t27-;/m0./s1. The second-order valence-corrected chi connectivity index (χ2v) is 11.7. The Morgan fingerprint density at radius 2 is 1.70 bits per heavy atom. The van der Waals surface area contributed by atoms with Crippen LogP contribution < -0.4 is 0 Å². The van der Waals surface area contributed by atoms with Crippen molar-refractivity contribution in [1.29, 1.82) is 0 Å². The third-order valence-electron chi connectivity index (χ3n) is 8.72. The van der Waals surface area contributed by atoms with Crippen molar-refractivity contribution in [2.45, 2.75) is 58.4 Å². The van der Waals surface area contributed by atoms with Gasteiger partial charge in [0.2, 0.25) is 0 Å². The van der Waals surface area contributed by atoms with Gasteiger partial charge in [0, 0.05) is 65.1 Å². The molecule has 8 heteroatoms. The van der Waals surface area contributed by atoms with Gasteiger partial charge in [-0.2, -0.15) is 0 Å². The molecule has 0 radical (unpaired) electrons. The molecule has 0 spiro atoms. The predicted molar refractivity (Wildman–Crippen MR) is 165 cm³/mol. The number of hydrogen-bond donors (Lipinski definition) is 0. The summed E-state index contributed by atoms with van der Waals surface area (Å²) in [5, 5.41) is 0. The van der Waals surface area contributed by atoms with Crippen molar-refractivity contribution in [1.82, 2.24) is 39.0 Å². The Bertz CT molecular complexity index is 1110. The lowest BCUT2D eigenvalue weighted by atomic mass is 9.91. The zero-order valence-electron chi connectivity index (χ0n) is 25.3. The molecule has 0 unspecified atom stereocenters. The molecule has 8 nitrogen and oxygen atoms in total. The van der Waals surface area contributed by atoms with Crippen LogP contribution in [0.1, 0.15) is 60.7 Å². The summed E-state index contributed by atoms with van der Waals surface area (Å²) in [6, 6.07) is 4.70. The maximum Gasteiger partial charge on any atom is 0.134 e. The Labute approximate surface area is 242 Å². The summed E-state index contributed by atoms with van der Waals surface area (Å²) in [4.78, 5) is 22.8. The minimum absolute atomic E-state index is 0.355. The molecular formula is C32H50N8. The van der Waals surface area contributed by atoms with E-state index >= 15 is 0 Å². The van der Waals surface area contributed by atoms with Gasteiger partial charge in [-0.05, 0) is 78.0 Å². The van der Waals surface area contributed by atoms with E-state index in [1.54, 1.807) is 0 Å². The van der Waals surface area contributed by atoms with Gasteiger partial charge in [0.15, 0.2) is 0 Å². The molecule has 1 atom stereocenters. The van der Waals surface area contributed by atoms with Crippen LogP contribution in [0.2, 0.25) is 0 Å². The smallest absolute Gasteiger partial charge is 0.134 e. The van der Waals surface area contributed by atoms with Crippen LogP contribution in [0.15, 0.2) is 24.4 Å². The van der Waals surface area contributed by atoms with E-state index in [1.165, 1.54) is 42.0 Å². The van der Waals surface area contributed by atoms with Gasteiger partial charge < -0.3 is 14.4 Å². The minimum Gasteiger partial charge on any atom is -0.313 e. The molecule has 0 amide bonds. The van der Waals surface area contributed by atoms with Crippen LogP contribution in [0, 0.1) is 12.8 Å². The molecule has 0 bridgehead atoms. The van der Waals surface area contributed by atoms with Crippen LogP contribution in [0.3, 0.4) is 0 Å². The maximum absolute atomic E-state index is 5.31. The van der Waals surface area contributed by atoms with Gasteiger partial charge >= 0.3 is 0 Å². The number of pyridine rings is 1. The average Bonchev–Trinajstić information content (AvgIpc) is 3.12. The van der Waals surface area contributed by atoms with Crippen molar-refractivity contribution >= 4 is 6.08 Å². The van der Waals surface area contributed by atoms with Crippen molar-refractivity contribution in [3.63, 3.8) is 0 Å². The molecule has 218 valence electrons. The van der Waals surface area contributed by atoms with Gasteiger partial charge in [0.25, 0.3) is 0 Å². The van der Waals surface area contributed by atoms with Crippen LogP contribution in [-0.4, -0.2) is 113 Å². The Kier molecular flexibility index (Phi) is 11.3. The second-order valence-electron chi connectivity index (χ2n) is 11.7. The van der Waals surface area contributed by atoms with Crippen molar-refractivity contribution < 1.29 is 0 Å². The van der Waals surface area contributed by atoms with Gasteiger partial charge in [0.05, 0.1) is 29.8 Å². The first kappa shape index (κ1) is 30.4. The molecule has 0 N–H and O–H groups in total. The quantitative estimate of drug-likeness (QED) is 0.471. The first-order chi connectivity index (χ1) is 19.5. The average molecular weight is 547 g/mol. The molecule has 2 saturated heterocycles. The highest BCUT2D eigenvalue weighted by atomic mass is 15.3. The predicted octanol–water partition coefficient (Wildman–Crippen LogP) is 3.41. The summed E-state index contributed by atoms with van der Waals surface area (Å²) < 4.78 is 2.53. The monoisotopic (exact) mass is 546 g/mol. The topological polar surface area (TPSA) is 46.9 Å². The number of fused-ring (bicyclic) bond motifs is 1. The largest absolute Gasteiger partial charge is 0.313 e. The Morgan fingerprint density at radius 3 is 2.45 bits per heavy atom. The first-order valence-corrected chi connectivity index (χ1v) is 15.0. The van der Waals surface area contributed by atoms with Gasteiger partial charge in [-0.25, -0.2) is 4.98 Å². The van der Waals surface area contributed by atoms with E-state index in [2.05, 4.69) is 94.3 Å². The van der Waals surface area contributed by atoms with E-state index in [9.17, 15) is 0 Å². The number of allylic oxidation sites excluding steroid dienone is 1. The lowest BCUT2D eigenvalue weighted by Crippen LogP contribution is -2.44. The fourth-order valence-corrected chi connectivity index (χ4v) is 6.31. The van der Waals surface area contributed by atoms with E-state index in [0.29, 0.717) is 6.04 Å². The number of nitrogens with zero attached hydrogens (tertiary/aromatic N) is 8. The second kappa shape index (κ2) is 14.9.